The molecule has 3 aromatic carbocycles. The molecule has 154 valence electrons. The number of rotatable bonds is 3. The van der Waals surface area contributed by atoms with Gasteiger partial charge in [0.05, 0.1) is 6.54 Å². The van der Waals surface area contributed by atoms with Gasteiger partial charge in [-0.15, -0.1) is 12.4 Å². The number of carbonyl (C=O) groups is 1. The normalized spacial score (nSPS) is 17.5. The number of aliphatic carboxylic acids is 1. The lowest BCUT2D eigenvalue weighted by atomic mass is 9.82. The van der Waals surface area contributed by atoms with Crippen LogP contribution < -0.4 is 4.74 Å². The number of hydrogen-bond donors (Lipinski definition) is 1. The van der Waals surface area contributed by atoms with Gasteiger partial charge in [-0.2, -0.15) is 0 Å². The van der Waals surface area contributed by atoms with Crippen molar-refractivity contribution in [2.24, 2.45) is 0 Å². The Kier molecular flexibility index (Phi) is 5.54. The first-order valence-corrected chi connectivity index (χ1v) is 10.1. The summed E-state index contributed by atoms with van der Waals surface area (Å²) in [4.78, 5) is 13.1. The van der Waals surface area contributed by atoms with Crippen molar-refractivity contribution in [3.8, 4) is 5.75 Å². The number of para-hydroxylation sites is 1. The summed E-state index contributed by atoms with van der Waals surface area (Å²) in [5.41, 5.74) is 3.14. The molecule has 3 aromatic rings. The Bertz CT molecular complexity index is 1110. The summed E-state index contributed by atoms with van der Waals surface area (Å²) in [6, 6.07) is 23.1. The van der Waals surface area contributed by atoms with Crippen LogP contribution in [0.3, 0.4) is 0 Å². The number of carboxylic acid groups (broad SMARTS) is 1. The first kappa shape index (κ1) is 20.5. The summed E-state index contributed by atoms with van der Waals surface area (Å²) in [5, 5.41) is 11.6. The Hall–Kier alpha value is -2.82. The van der Waals surface area contributed by atoms with E-state index >= 15 is 0 Å². The van der Waals surface area contributed by atoms with Crippen molar-refractivity contribution < 1.29 is 14.6 Å². The van der Waals surface area contributed by atoms with Crippen molar-refractivity contribution in [2.45, 2.75) is 18.4 Å². The van der Waals surface area contributed by atoms with Crippen LogP contribution in [-0.4, -0.2) is 41.2 Å². The van der Waals surface area contributed by atoms with Crippen LogP contribution >= 0.6 is 12.4 Å². The molecule has 1 saturated heterocycles. The summed E-state index contributed by atoms with van der Waals surface area (Å²) in [5.74, 6) is 0.132. The van der Waals surface area contributed by atoms with Gasteiger partial charge < -0.3 is 9.84 Å². The van der Waals surface area contributed by atoms with E-state index in [4.69, 9.17) is 9.84 Å². The van der Waals surface area contributed by atoms with Gasteiger partial charge in [-0.25, -0.2) is 0 Å². The monoisotopic (exact) mass is 421 g/mol. The van der Waals surface area contributed by atoms with Crippen molar-refractivity contribution in [3.05, 3.63) is 83.9 Å². The number of piperidine rings is 1. The number of likely N-dealkylation sites (tertiary alicyclic amines) is 1. The second-order valence-electron chi connectivity index (χ2n) is 7.92. The third-order valence-electron chi connectivity index (χ3n) is 6.04. The fourth-order valence-electron chi connectivity index (χ4n) is 4.58. The fourth-order valence-corrected chi connectivity index (χ4v) is 4.58. The highest BCUT2D eigenvalue weighted by atomic mass is 35.5. The van der Waals surface area contributed by atoms with Gasteiger partial charge in [-0.05, 0) is 34.1 Å². The van der Waals surface area contributed by atoms with E-state index in [2.05, 4.69) is 60.7 Å². The molecule has 2 aliphatic heterocycles. The van der Waals surface area contributed by atoms with Gasteiger partial charge >= 0.3 is 5.97 Å². The van der Waals surface area contributed by atoms with Gasteiger partial charge in [0.1, 0.15) is 11.4 Å². The molecule has 0 aliphatic carbocycles. The van der Waals surface area contributed by atoms with Crippen LogP contribution in [0.4, 0.5) is 0 Å². The summed E-state index contributed by atoms with van der Waals surface area (Å²) in [6.07, 6.45) is 3.85. The third kappa shape index (κ3) is 3.69. The van der Waals surface area contributed by atoms with Gasteiger partial charge in [0.25, 0.3) is 0 Å². The van der Waals surface area contributed by atoms with Crippen LogP contribution in [0.25, 0.3) is 16.3 Å². The van der Waals surface area contributed by atoms with Gasteiger partial charge in [-0.3, -0.25) is 9.69 Å². The summed E-state index contributed by atoms with van der Waals surface area (Å²) >= 11 is 0. The Morgan fingerprint density at radius 3 is 2.40 bits per heavy atom. The Labute approximate surface area is 182 Å². The van der Waals surface area contributed by atoms with Crippen LogP contribution in [0, 0.1) is 0 Å². The molecule has 0 aromatic heterocycles. The molecular weight excluding hydrogens is 398 g/mol. The topological polar surface area (TPSA) is 49.8 Å². The molecule has 2 heterocycles. The molecule has 5 heteroatoms. The molecule has 0 saturated carbocycles. The molecule has 0 unspecified atom stereocenters. The molecule has 0 amide bonds. The SMILES string of the molecule is Cl.O=C(O)CN1CCC2(C=C(c3cccc4ccccc34)c3ccccc3O2)CC1. The van der Waals surface area contributed by atoms with E-state index in [0.29, 0.717) is 13.1 Å². The maximum Gasteiger partial charge on any atom is 0.317 e. The fraction of sp³-hybridized carbons (Fsp3) is 0.240. The van der Waals surface area contributed by atoms with Crippen molar-refractivity contribution in [1.29, 1.82) is 0 Å². The van der Waals surface area contributed by atoms with Crippen LogP contribution in [0.2, 0.25) is 0 Å². The number of nitrogens with zero attached hydrogens (tertiary/aromatic N) is 1. The maximum atomic E-state index is 11.1. The molecule has 0 atom stereocenters. The number of fused-ring (bicyclic) bond motifs is 2. The number of halogens is 1. The lowest BCUT2D eigenvalue weighted by molar-refractivity contribution is -0.139. The predicted molar refractivity (Wildman–Crippen MR) is 121 cm³/mol. The second kappa shape index (κ2) is 8.13. The largest absolute Gasteiger partial charge is 0.482 e. The zero-order valence-corrected chi connectivity index (χ0v) is 17.4. The van der Waals surface area contributed by atoms with Crippen molar-refractivity contribution >= 4 is 34.7 Å². The van der Waals surface area contributed by atoms with E-state index in [0.717, 1.165) is 24.2 Å². The quantitative estimate of drug-likeness (QED) is 0.646. The number of hydrogen-bond acceptors (Lipinski definition) is 3. The Morgan fingerprint density at radius 1 is 0.933 bits per heavy atom. The highest BCUT2D eigenvalue weighted by Gasteiger charge is 2.39. The number of carboxylic acids is 1. The molecule has 1 N–H and O–H groups in total. The smallest absolute Gasteiger partial charge is 0.317 e. The molecule has 2 aliphatic rings. The molecule has 1 fully saturated rings. The molecule has 0 bridgehead atoms. The summed E-state index contributed by atoms with van der Waals surface area (Å²) in [6.45, 7) is 1.52. The molecule has 0 radical (unpaired) electrons. The van der Waals surface area contributed by atoms with E-state index < -0.39 is 11.6 Å². The standard InChI is InChI=1S/C25H23NO3.ClH/c27-24(28)17-26-14-12-25(13-15-26)16-22(21-9-3-4-11-23(21)29-25)20-10-5-7-18-6-1-2-8-19(18)20;/h1-11,16H,12-15,17H2,(H,27,28);1H. The summed E-state index contributed by atoms with van der Waals surface area (Å²) in [7, 11) is 0. The van der Waals surface area contributed by atoms with E-state index in [1.54, 1.807) is 0 Å². The highest BCUT2D eigenvalue weighted by molar-refractivity contribution is 5.99. The lowest BCUT2D eigenvalue weighted by Crippen LogP contribution is -2.49. The van der Waals surface area contributed by atoms with Gasteiger partial charge in [0, 0.05) is 31.5 Å². The Balaban J connectivity index is 0.00000218. The van der Waals surface area contributed by atoms with E-state index in [1.807, 2.05) is 17.0 Å². The van der Waals surface area contributed by atoms with Gasteiger partial charge in [0.15, 0.2) is 0 Å². The lowest BCUT2D eigenvalue weighted by Gasteiger charge is -2.42. The van der Waals surface area contributed by atoms with Crippen LogP contribution in [0.15, 0.2) is 72.8 Å². The molecule has 4 nitrogen and oxygen atoms in total. The molecule has 1 spiro atoms. The zero-order chi connectivity index (χ0) is 19.8. The minimum atomic E-state index is -0.775. The maximum absolute atomic E-state index is 11.1. The number of benzene rings is 3. The van der Waals surface area contributed by atoms with E-state index in [9.17, 15) is 4.79 Å². The number of ether oxygens (including phenoxy) is 1. The minimum absolute atomic E-state index is 0. The van der Waals surface area contributed by atoms with Gasteiger partial charge in [-0.1, -0.05) is 60.7 Å². The van der Waals surface area contributed by atoms with Crippen molar-refractivity contribution in [1.82, 2.24) is 4.90 Å². The zero-order valence-electron chi connectivity index (χ0n) is 16.6. The molecule has 30 heavy (non-hydrogen) atoms. The summed E-state index contributed by atoms with van der Waals surface area (Å²) < 4.78 is 6.53. The average Bonchev–Trinajstić information content (AvgIpc) is 2.74. The van der Waals surface area contributed by atoms with Crippen LogP contribution in [0.1, 0.15) is 24.0 Å². The van der Waals surface area contributed by atoms with Crippen molar-refractivity contribution in [2.75, 3.05) is 19.6 Å². The van der Waals surface area contributed by atoms with E-state index in [-0.39, 0.29) is 19.0 Å². The molecular formula is C25H24ClNO3. The first-order chi connectivity index (χ1) is 14.1. The van der Waals surface area contributed by atoms with Crippen molar-refractivity contribution in [3.63, 3.8) is 0 Å². The molecule has 5 rings (SSSR count). The first-order valence-electron chi connectivity index (χ1n) is 10.1. The van der Waals surface area contributed by atoms with Crippen LogP contribution in [-0.2, 0) is 4.79 Å². The second-order valence-corrected chi connectivity index (χ2v) is 7.92. The van der Waals surface area contributed by atoms with Gasteiger partial charge in [0.2, 0.25) is 0 Å². The highest BCUT2D eigenvalue weighted by Crippen LogP contribution is 2.44. The van der Waals surface area contributed by atoms with Crippen LogP contribution in [0.5, 0.6) is 5.75 Å². The Morgan fingerprint density at radius 2 is 1.60 bits per heavy atom. The van der Waals surface area contributed by atoms with E-state index in [1.165, 1.54) is 21.9 Å². The predicted octanol–water partition coefficient (Wildman–Crippen LogP) is 5.00. The third-order valence-corrected chi connectivity index (χ3v) is 6.04. The average molecular weight is 422 g/mol. The minimum Gasteiger partial charge on any atom is -0.482 e.